The molecular formula is C17H17Cl2N3S. The van der Waals surface area contributed by atoms with Crippen LogP contribution in [0.25, 0.3) is 0 Å². The summed E-state index contributed by atoms with van der Waals surface area (Å²) in [6.07, 6.45) is 0. The molecule has 0 aliphatic carbocycles. The van der Waals surface area contributed by atoms with Crippen LogP contribution in [-0.4, -0.2) is 34.7 Å². The van der Waals surface area contributed by atoms with Gasteiger partial charge < -0.3 is 10.2 Å². The molecule has 0 spiro atoms. The van der Waals surface area contributed by atoms with E-state index in [0.717, 1.165) is 32.0 Å². The molecule has 3 rings (SSSR count). The maximum atomic E-state index is 6.02. The SMILES string of the molecule is S=C(Nc1cc(Cl)cc(Cl)c1)N1CCN(Cc2ccccc2)C1. The molecule has 23 heavy (non-hydrogen) atoms. The zero-order valence-electron chi connectivity index (χ0n) is 12.5. The molecule has 0 saturated carbocycles. The Morgan fingerprint density at radius 3 is 2.43 bits per heavy atom. The Balaban J connectivity index is 1.57. The van der Waals surface area contributed by atoms with Crippen LogP contribution in [0.1, 0.15) is 5.56 Å². The van der Waals surface area contributed by atoms with E-state index < -0.39 is 0 Å². The first kappa shape index (κ1) is 16.5. The van der Waals surface area contributed by atoms with Crippen molar-refractivity contribution in [1.82, 2.24) is 9.80 Å². The highest BCUT2D eigenvalue weighted by molar-refractivity contribution is 7.80. The Hall–Kier alpha value is -1.33. The van der Waals surface area contributed by atoms with Gasteiger partial charge in [-0.05, 0) is 36.0 Å². The minimum Gasteiger partial charge on any atom is -0.335 e. The average molecular weight is 366 g/mol. The molecule has 1 fully saturated rings. The number of anilines is 1. The Morgan fingerprint density at radius 2 is 1.74 bits per heavy atom. The summed E-state index contributed by atoms with van der Waals surface area (Å²) in [5.74, 6) is 0. The molecule has 0 amide bonds. The van der Waals surface area contributed by atoms with Crippen molar-refractivity contribution in [3.05, 3.63) is 64.1 Å². The number of rotatable bonds is 3. The monoisotopic (exact) mass is 365 g/mol. The van der Waals surface area contributed by atoms with Crippen LogP contribution in [0.5, 0.6) is 0 Å². The molecule has 1 N–H and O–H groups in total. The van der Waals surface area contributed by atoms with Gasteiger partial charge in [0.2, 0.25) is 0 Å². The van der Waals surface area contributed by atoms with Gasteiger partial charge in [-0.3, -0.25) is 4.90 Å². The van der Waals surface area contributed by atoms with E-state index in [1.54, 1.807) is 6.07 Å². The molecule has 1 aliphatic rings. The van der Waals surface area contributed by atoms with Crippen LogP contribution < -0.4 is 5.32 Å². The minimum absolute atomic E-state index is 0.593. The lowest BCUT2D eigenvalue weighted by Gasteiger charge is -2.21. The van der Waals surface area contributed by atoms with Crippen LogP contribution >= 0.6 is 35.4 Å². The van der Waals surface area contributed by atoms with Crippen molar-refractivity contribution in [3.63, 3.8) is 0 Å². The van der Waals surface area contributed by atoms with Crippen LogP contribution in [0.3, 0.4) is 0 Å². The molecule has 1 saturated heterocycles. The van der Waals surface area contributed by atoms with Gasteiger partial charge in [0.05, 0.1) is 6.67 Å². The fraction of sp³-hybridized carbons (Fsp3) is 0.235. The number of nitrogens with zero attached hydrogens (tertiary/aromatic N) is 2. The highest BCUT2D eigenvalue weighted by Crippen LogP contribution is 2.23. The first-order valence-electron chi connectivity index (χ1n) is 7.38. The lowest BCUT2D eigenvalue weighted by Crippen LogP contribution is -2.34. The van der Waals surface area contributed by atoms with E-state index >= 15 is 0 Å². The molecule has 0 atom stereocenters. The highest BCUT2D eigenvalue weighted by atomic mass is 35.5. The molecule has 0 aromatic heterocycles. The fourth-order valence-electron chi connectivity index (χ4n) is 2.61. The summed E-state index contributed by atoms with van der Waals surface area (Å²) >= 11 is 17.5. The molecule has 1 heterocycles. The molecular weight excluding hydrogens is 349 g/mol. The number of thiocarbonyl (C=S) groups is 1. The summed E-state index contributed by atoms with van der Waals surface area (Å²) in [5, 5.41) is 5.09. The van der Waals surface area contributed by atoms with Gasteiger partial charge in [-0.1, -0.05) is 53.5 Å². The predicted octanol–water partition coefficient (Wildman–Crippen LogP) is 4.47. The maximum Gasteiger partial charge on any atom is 0.174 e. The van der Waals surface area contributed by atoms with Crippen molar-refractivity contribution >= 4 is 46.2 Å². The van der Waals surface area contributed by atoms with Gasteiger partial charge in [-0.15, -0.1) is 0 Å². The van der Waals surface area contributed by atoms with Gasteiger partial charge in [0.1, 0.15) is 0 Å². The normalized spacial score (nSPS) is 15.0. The molecule has 120 valence electrons. The Kier molecular flexibility index (Phi) is 5.38. The molecule has 0 radical (unpaired) electrons. The van der Waals surface area contributed by atoms with Crippen molar-refractivity contribution < 1.29 is 0 Å². The zero-order valence-corrected chi connectivity index (χ0v) is 14.8. The number of halogens is 2. The summed E-state index contributed by atoms with van der Waals surface area (Å²) in [6, 6.07) is 15.8. The van der Waals surface area contributed by atoms with Gasteiger partial charge in [0.15, 0.2) is 5.11 Å². The van der Waals surface area contributed by atoms with Crippen molar-refractivity contribution in [2.24, 2.45) is 0 Å². The zero-order chi connectivity index (χ0) is 16.2. The summed E-state index contributed by atoms with van der Waals surface area (Å²) < 4.78 is 0. The van der Waals surface area contributed by atoms with Crippen molar-refractivity contribution in [3.8, 4) is 0 Å². The van der Waals surface area contributed by atoms with Crippen LogP contribution in [0.4, 0.5) is 5.69 Å². The lowest BCUT2D eigenvalue weighted by molar-refractivity contribution is 0.295. The van der Waals surface area contributed by atoms with Crippen LogP contribution in [-0.2, 0) is 6.54 Å². The summed E-state index contributed by atoms with van der Waals surface area (Å²) in [5.41, 5.74) is 2.13. The second-order valence-electron chi connectivity index (χ2n) is 5.53. The van der Waals surface area contributed by atoms with Gasteiger partial charge in [0.25, 0.3) is 0 Å². The van der Waals surface area contributed by atoms with E-state index in [1.165, 1.54) is 5.56 Å². The third-order valence-corrected chi connectivity index (χ3v) is 4.50. The predicted molar refractivity (Wildman–Crippen MR) is 101 cm³/mol. The van der Waals surface area contributed by atoms with E-state index in [9.17, 15) is 0 Å². The third kappa shape index (κ3) is 4.58. The summed E-state index contributed by atoms with van der Waals surface area (Å²) in [6.45, 7) is 3.65. The molecule has 0 bridgehead atoms. The number of nitrogens with one attached hydrogen (secondary N) is 1. The highest BCUT2D eigenvalue weighted by Gasteiger charge is 2.22. The summed E-state index contributed by atoms with van der Waals surface area (Å²) in [7, 11) is 0. The van der Waals surface area contributed by atoms with Crippen LogP contribution in [0, 0.1) is 0 Å². The standard InChI is InChI=1S/C17H17Cl2N3S/c18-14-8-15(19)10-16(9-14)20-17(23)22-7-6-21(12-22)11-13-4-2-1-3-5-13/h1-5,8-10H,6-7,11-12H2,(H,20,23). The Morgan fingerprint density at radius 1 is 1.04 bits per heavy atom. The van der Waals surface area contributed by atoms with Crippen LogP contribution in [0.15, 0.2) is 48.5 Å². The molecule has 3 nitrogen and oxygen atoms in total. The van der Waals surface area contributed by atoms with Gasteiger partial charge in [-0.25, -0.2) is 0 Å². The van der Waals surface area contributed by atoms with Gasteiger partial charge >= 0.3 is 0 Å². The van der Waals surface area contributed by atoms with Gasteiger partial charge in [0, 0.05) is 35.4 Å². The second kappa shape index (κ2) is 7.49. The van der Waals surface area contributed by atoms with E-state index in [-0.39, 0.29) is 0 Å². The average Bonchev–Trinajstić information content (AvgIpc) is 2.96. The van der Waals surface area contributed by atoms with Crippen LogP contribution in [0.2, 0.25) is 10.0 Å². The molecule has 6 heteroatoms. The van der Waals surface area contributed by atoms with E-state index in [0.29, 0.717) is 15.2 Å². The largest absolute Gasteiger partial charge is 0.335 e. The molecule has 2 aromatic rings. The number of hydrogen-bond donors (Lipinski definition) is 1. The van der Waals surface area contributed by atoms with Gasteiger partial charge in [-0.2, -0.15) is 0 Å². The number of benzene rings is 2. The number of hydrogen-bond acceptors (Lipinski definition) is 2. The third-order valence-electron chi connectivity index (χ3n) is 3.71. The fourth-order valence-corrected chi connectivity index (χ4v) is 3.40. The topological polar surface area (TPSA) is 18.5 Å². The quantitative estimate of drug-likeness (QED) is 0.808. The Labute approximate surface area is 151 Å². The summed E-state index contributed by atoms with van der Waals surface area (Å²) in [4.78, 5) is 4.52. The maximum absolute atomic E-state index is 6.02. The molecule has 1 aliphatic heterocycles. The van der Waals surface area contributed by atoms with Crippen molar-refractivity contribution in [2.45, 2.75) is 6.54 Å². The van der Waals surface area contributed by atoms with E-state index in [1.807, 2.05) is 18.2 Å². The Bertz CT molecular complexity index is 673. The second-order valence-corrected chi connectivity index (χ2v) is 6.79. The molecule has 0 unspecified atom stereocenters. The first-order valence-corrected chi connectivity index (χ1v) is 8.55. The molecule has 2 aromatic carbocycles. The van der Waals surface area contributed by atoms with E-state index in [2.05, 4.69) is 39.4 Å². The lowest BCUT2D eigenvalue weighted by atomic mass is 10.2. The smallest absolute Gasteiger partial charge is 0.174 e. The van der Waals surface area contributed by atoms with Crippen molar-refractivity contribution in [1.29, 1.82) is 0 Å². The first-order chi connectivity index (χ1) is 11.1. The van der Waals surface area contributed by atoms with E-state index in [4.69, 9.17) is 35.4 Å². The minimum atomic E-state index is 0.593. The van der Waals surface area contributed by atoms with Crippen molar-refractivity contribution in [2.75, 3.05) is 25.1 Å².